The SMILES string of the molecule is C1=CNC(n2cnnc2)C=C1. The molecular weight excluding hydrogens is 140 g/mol. The highest BCUT2D eigenvalue weighted by Crippen LogP contribution is 2.05. The second kappa shape index (κ2) is 2.57. The Hall–Kier alpha value is -1.58. The third-order valence-corrected chi connectivity index (χ3v) is 1.53. The molecule has 0 fully saturated rings. The summed E-state index contributed by atoms with van der Waals surface area (Å²) in [6.45, 7) is 0. The molecule has 1 unspecified atom stereocenters. The second-order valence-electron chi connectivity index (χ2n) is 2.26. The van der Waals surface area contributed by atoms with Crippen molar-refractivity contribution < 1.29 is 0 Å². The Morgan fingerprint density at radius 2 is 2.00 bits per heavy atom. The highest BCUT2D eigenvalue weighted by Gasteiger charge is 2.04. The van der Waals surface area contributed by atoms with Crippen LogP contribution in [0.2, 0.25) is 0 Å². The molecule has 0 aliphatic carbocycles. The van der Waals surface area contributed by atoms with Crippen LogP contribution in [0.5, 0.6) is 0 Å². The van der Waals surface area contributed by atoms with E-state index in [-0.39, 0.29) is 6.17 Å². The van der Waals surface area contributed by atoms with Crippen molar-refractivity contribution in [2.75, 3.05) is 0 Å². The van der Waals surface area contributed by atoms with E-state index in [4.69, 9.17) is 0 Å². The summed E-state index contributed by atoms with van der Waals surface area (Å²) >= 11 is 0. The van der Waals surface area contributed by atoms with Crippen molar-refractivity contribution in [3.8, 4) is 0 Å². The smallest absolute Gasteiger partial charge is 0.125 e. The number of allylic oxidation sites excluding steroid dienone is 2. The molecule has 2 rings (SSSR count). The first-order valence-electron chi connectivity index (χ1n) is 3.40. The molecule has 0 saturated carbocycles. The van der Waals surface area contributed by atoms with E-state index in [2.05, 4.69) is 15.5 Å². The van der Waals surface area contributed by atoms with Gasteiger partial charge >= 0.3 is 0 Å². The molecule has 0 radical (unpaired) electrons. The zero-order valence-electron chi connectivity index (χ0n) is 5.88. The number of rotatable bonds is 1. The van der Waals surface area contributed by atoms with Gasteiger partial charge in [0.15, 0.2) is 0 Å². The number of dihydropyridines is 1. The molecule has 1 N–H and O–H groups in total. The first-order chi connectivity index (χ1) is 5.47. The van der Waals surface area contributed by atoms with Gasteiger partial charge in [-0.05, 0) is 18.4 Å². The first kappa shape index (κ1) is 6.15. The summed E-state index contributed by atoms with van der Waals surface area (Å²) in [7, 11) is 0. The fourth-order valence-electron chi connectivity index (χ4n) is 0.972. The van der Waals surface area contributed by atoms with Crippen LogP contribution in [0, 0.1) is 0 Å². The molecule has 0 amide bonds. The molecule has 0 spiro atoms. The molecule has 1 aromatic rings. The summed E-state index contributed by atoms with van der Waals surface area (Å²) in [4.78, 5) is 0. The molecule has 1 aliphatic heterocycles. The molecule has 11 heavy (non-hydrogen) atoms. The average Bonchev–Trinajstić information content (AvgIpc) is 2.58. The molecule has 1 aromatic heterocycles. The summed E-state index contributed by atoms with van der Waals surface area (Å²) in [5, 5.41) is 10.6. The molecule has 1 atom stereocenters. The molecule has 56 valence electrons. The summed E-state index contributed by atoms with van der Waals surface area (Å²) in [6, 6.07) is 0. The molecule has 0 bridgehead atoms. The van der Waals surface area contributed by atoms with Gasteiger partial charge in [-0.2, -0.15) is 0 Å². The fraction of sp³-hybridized carbons (Fsp3) is 0.143. The van der Waals surface area contributed by atoms with Gasteiger partial charge in [-0.15, -0.1) is 10.2 Å². The minimum atomic E-state index is 0.162. The van der Waals surface area contributed by atoms with Crippen LogP contribution in [0.3, 0.4) is 0 Å². The maximum atomic E-state index is 3.71. The van der Waals surface area contributed by atoms with Crippen LogP contribution in [-0.4, -0.2) is 14.8 Å². The highest BCUT2D eigenvalue weighted by atomic mass is 15.3. The Morgan fingerprint density at radius 3 is 2.64 bits per heavy atom. The lowest BCUT2D eigenvalue weighted by Gasteiger charge is -2.15. The Labute approximate surface area is 64.2 Å². The van der Waals surface area contributed by atoms with Crippen LogP contribution < -0.4 is 5.32 Å². The van der Waals surface area contributed by atoms with Crippen molar-refractivity contribution in [3.05, 3.63) is 37.1 Å². The predicted octanol–water partition coefficient (Wildman–Crippen LogP) is 0.450. The molecule has 2 heterocycles. The van der Waals surface area contributed by atoms with E-state index in [1.54, 1.807) is 12.7 Å². The minimum absolute atomic E-state index is 0.162. The number of hydrogen-bond acceptors (Lipinski definition) is 3. The minimum Gasteiger partial charge on any atom is -0.368 e. The van der Waals surface area contributed by atoms with Gasteiger partial charge in [0.2, 0.25) is 0 Å². The van der Waals surface area contributed by atoms with Crippen molar-refractivity contribution in [2.45, 2.75) is 6.17 Å². The number of hydrogen-bond donors (Lipinski definition) is 1. The van der Waals surface area contributed by atoms with Gasteiger partial charge in [-0.3, -0.25) is 4.57 Å². The zero-order chi connectivity index (χ0) is 7.52. The molecule has 4 heteroatoms. The van der Waals surface area contributed by atoms with Crippen LogP contribution in [0.25, 0.3) is 0 Å². The van der Waals surface area contributed by atoms with Crippen LogP contribution in [0.4, 0.5) is 0 Å². The maximum absolute atomic E-state index is 3.71. The van der Waals surface area contributed by atoms with Crippen LogP contribution in [-0.2, 0) is 0 Å². The molecule has 4 nitrogen and oxygen atoms in total. The van der Waals surface area contributed by atoms with Crippen LogP contribution >= 0.6 is 0 Å². The Kier molecular flexibility index (Phi) is 1.44. The van der Waals surface area contributed by atoms with Crippen molar-refractivity contribution in [2.24, 2.45) is 0 Å². The number of aromatic nitrogens is 3. The average molecular weight is 148 g/mol. The maximum Gasteiger partial charge on any atom is 0.125 e. The molecule has 0 saturated heterocycles. The van der Waals surface area contributed by atoms with E-state index in [1.165, 1.54) is 0 Å². The Bertz CT molecular complexity index is 273. The number of nitrogens with one attached hydrogen (secondary N) is 1. The van der Waals surface area contributed by atoms with Gasteiger partial charge < -0.3 is 5.32 Å². The van der Waals surface area contributed by atoms with Crippen LogP contribution in [0.15, 0.2) is 37.1 Å². The zero-order valence-corrected chi connectivity index (χ0v) is 5.88. The predicted molar refractivity (Wildman–Crippen MR) is 40.5 cm³/mol. The third kappa shape index (κ3) is 1.14. The van der Waals surface area contributed by atoms with E-state index in [1.807, 2.05) is 29.0 Å². The normalized spacial score (nSPS) is 21.6. The van der Waals surface area contributed by atoms with Gasteiger partial charge in [0.05, 0.1) is 0 Å². The molecule has 1 aliphatic rings. The highest BCUT2D eigenvalue weighted by molar-refractivity contribution is 5.10. The standard InChI is InChI=1S/C7H8N4/c1-2-4-8-7(3-1)11-5-9-10-6-11/h1-8H. The van der Waals surface area contributed by atoms with Gasteiger partial charge in [-0.25, -0.2) is 0 Å². The van der Waals surface area contributed by atoms with Crippen molar-refractivity contribution in [1.29, 1.82) is 0 Å². The summed E-state index contributed by atoms with van der Waals surface area (Å²) in [5.74, 6) is 0. The summed E-state index contributed by atoms with van der Waals surface area (Å²) in [6.07, 6.45) is 11.4. The second-order valence-corrected chi connectivity index (χ2v) is 2.26. The largest absolute Gasteiger partial charge is 0.368 e. The molecule has 0 aromatic carbocycles. The fourth-order valence-corrected chi connectivity index (χ4v) is 0.972. The van der Waals surface area contributed by atoms with E-state index in [9.17, 15) is 0 Å². The van der Waals surface area contributed by atoms with E-state index >= 15 is 0 Å². The van der Waals surface area contributed by atoms with E-state index in [0.29, 0.717) is 0 Å². The third-order valence-electron chi connectivity index (χ3n) is 1.53. The Morgan fingerprint density at radius 1 is 1.18 bits per heavy atom. The molecular formula is C7H8N4. The van der Waals surface area contributed by atoms with Crippen molar-refractivity contribution in [1.82, 2.24) is 20.1 Å². The van der Waals surface area contributed by atoms with Gasteiger partial charge in [0.25, 0.3) is 0 Å². The topological polar surface area (TPSA) is 42.7 Å². The van der Waals surface area contributed by atoms with Crippen LogP contribution in [0.1, 0.15) is 6.17 Å². The quantitative estimate of drug-likeness (QED) is 0.628. The summed E-state index contributed by atoms with van der Waals surface area (Å²) < 4.78 is 1.89. The van der Waals surface area contributed by atoms with Crippen molar-refractivity contribution in [3.63, 3.8) is 0 Å². The van der Waals surface area contributed by atoms with Gasteiger partial charge in [0.1, 0.15) is 18.8 Å². The van der Waals surface area contributed by atoms with Gasteiger partial charge in [0, 0.05) is 0 Å². The van der Waals surface area contributed by atoms with E-state index in [0.717, 1.165) is 0 Å². The monoisotopic (exact) mass is 148 g/mol. The van der Waals surface area contributed by atoms with Crippen molar-refractivity contribution >= 4 is 0 Å². The lowest BCUT2D eigenvalue weighted by atomic mass is 10.3. The lowest BCUT2D eigenvalue weighted by molar-refractivity contribution is 0.543. The first-order valence-corrected chi connectivity index (χ1v) is 3.40. The summed E-state index contributed by atoms with van der Waals surface area (Å²) in [5.41, 5.74) is 0. The van der Waals surface area contributed by atoms with E-state index < -0.39 is 0 Å². The lowest BCUT2D eigenvalue weighted by Crippen LogP contribution is -2.20. The number of nitrogens with zero attached hydrogens (tertiary/aromatic N) is 3. The van der Waals surface area contributed by atoms with Gasteiger partial charge in [-0.1, -0.05) is 6.08 Å². The Balaban J connectivity index is 2.19.